The molecule has 0 aliphatic heterocycles. The van der Waals surface area contributed by atoms with Gasteiger partial charge in [-0.05, 0) is 6.16 Å². The number of carbonyl (C=O) groups excluding carboxylic acids is 1. The quantitative estimate of drug-likeness (QED) is 0.369. The van der Waals surface area contributed by atoms with Crippen molar-refractivity contribution >= 4 is 16.6 Å². The van der Waals surface area contributed by atoms with Crippen molar-refractivity contribution in [1.29, 1.82) is 0 Å². The first-order valence-electron chi connectivity index (χ1n) is 1.31. The molecule has 0 aliphatic carbocycles. The first kappa shape index (κ1) is 23.8. The fourth-order valence-corrected chi connectivity index (χ4v) is 0. The summed E-state index contributed by atoms with van der Waals surface area (Å²) < 4.78 is 31.6. The normalized spacial score (nSPS) is 7.45. The van der Waals surface area contributed by atoms with Crippen molar-refractivity contribution in [3.8, 4) is 0 Å². The largest absolute Gasteiger partial charge is 1.00 e. The van der Waals surface area contributed by atoms with Gasteiger partial charge in [0.05, 0.1) is 0 Å². The van der Waals surface area contributed by atoms with Crippen LogP contribution >= 0.6 is 0 Å². The van der Waals surface area contributed by atoms with Crippen molar-refractivity contribution in [3.05, 3.63) is 0 Å². The molecule has 0 saturated carbocycles. The van der Waals surface area contributed by atoms with Crippen LogP contribution in [-0.4, -0.2) is 23.7 Å². The summed E-state index contributed by atoms with van der Waals surface area (Å²) >= 11 is 0. The van der Waals surface area contributed by atoms with Crippen molar-refractivity contribution < 1.29 is 170 Å². The van der Waals surface area contributed by atoms with E-state index in [1.54, 1.807) is 0 Å². The molecule has 0 aromatic carbocycles. The predicted octanol–water partition coefficient (Wildman–Crippen LogP) is -9.09. The molecule has 0 saturated heterocycles. The molecule has 0 rings (SSSR count). The zero-order valence-corrected chi connectivity index (χ0v) is 19.2. The van der Waals surface area contributed by atoms with E-state index in [-0.39, 0.29) is 138 Å². The third kappa shape index (κ3) is 159. The van der Waals surface area contributed by atoms with Crippen LogP contribution in [0, 0.1) is 0 Å². The number of carboxylic acid groups (broad SMARTS) is 2. The van der Waals surface area contributed by atoms with Crippen LogP contribution in [0.1, 0.15) is 0 Å². The minimum atomic E-state index is -4.67. The molecule has 0 unspecified atom stereocenters. The summed E-state index contributed by atoms with van der Waals surface area (Å²) in [6.45, 7) is 0. The summed E-state index contributed by atoms with van der Waals surface area (Å²) in [5.41, 5.74) is 0. The van der Waals surface area contributed by atoms with E-state index in [0.717, 1.165) is 0 Å². The van der Waals surface area contributed by atoms with E-state index >= 15 is 0 Å². The van der Waals surface area contributed by atoms with Crippen molar-refractivity contribution in [2.24, 2.45) is 0 Å². The summed E-state index contributed by atoms with van der Waals surface area (Å²) in [4.78, 5) is 8.33. The molecule has 0 amide bonds. The molecule has 56 valence electrons. The second-order valence-corrected chi connectivity index (χ2v) is 1.59. The Morgan fingerprint density at radius 2 is 1.09 bits per heavy atom. The van der Waals surface area contributed by atoms with Crippen molar-refractivity contribution in [1.82, 2.24) is 0 Å². The maximum atomic E-state index is 8.74. The van der Waals surface area contributed by atoms with Crippen molar-refractivity contribution in [3.63, 3.8) is 0 Å². The Morgan fingerprint density at radius 1 is 1.09 bits per heavy atom. The number of rotatable bonds is 0. The van der Waals surface area contributed by atoms with Crippen LogP contribution in [0.5, 0.6) is 0 Å². The van der Waals surface area contributed by atoms with Crippen LogP contribution in [0.4, 0.5) is 4.79 Å². The van der Waals surface area contributed by atoms with Gasteiger partial charge >= 0.3 is 148 Å². The fourth-order valence-electron chi connectivity index (χ4n) is 0. The second-order valence-electron chi connectivity index (χ2n) is 0.698. The maximum Gasteiger partial charge on any atom is 1.00 e. The van der Waals surface area contributed by atoms with Gasteiger partial charge in [-0.1, -0.05) is 0 Å². The average molecular weight is 424 g/mol. The van der Waals surface area contributed by atoms with E-state index in [2.05, 4.69) is 0 Å². The fraction of sp³-hybridized carbons (Fsp3) is 0. The zero-order valence-electron chi connectivity index (χ0n) is 5.84. The minimum Gasteiger partial charge on any atom is -0.652 e. The maximum absolute atomic E-state index is 8.74. The number of carbonyl (C=O) groups is 1. The van der Waals surface area contributed by atoms with E-state index in [1.807, 2.05) is 0 Å². The van der Waals surface area contributed by atoms with Crippen LogP contribution in [0.25, 0.3) is 0 Å². The van der Waals surface area contributed by atoms with E-state index in [0.29, 0.717) is 0 Å². The molecule has 0 aromatic rings. The van der Waals surface area contributed by atoms with Crippen LogP contribution in [0.15, 0.2) is 0 Å². The van der Waals surface area contributed by atoms with Gasteiger partial charge in [0, 0.05) is 0 Å². The van der Waals surface area contributed by atoms with Gasteiger partial charge in [-0.2, -0.15) is 8.42 Å². The van der Waals surface area contributed by atoms with Gasteiger partial charge in [0.25, 0.3) is 0 Å². The molecule has 0 radical (unpaired) electrons. The van der Waals surface area contributed by atoms with E-state index < -0.39 is 16.6 Å². The van der Waals surface area contributed by atoms with Gasteiger partial charge in [-0.25, -0.2) is 0 Å². The Bertz CT molecular complexity index is 159. The van der Waals surface area contributed by atoms with Gasteiger partial charge in [-0.15, -0.1) is 0 Å². The molecule has 0 heterocycles. The van der Waals surface area contributed by atoms with Crippen molar-refractivity contribution in [2.45, 2.75) is 0 Å². The van der Waals surface area contributed by atoms with Gasteiger partial charge in [0.1, 0.15) is 0 Å². The molecule has 0 spiro atoms. The van der Waals surface area contributed by atoms with Crippen LogP contribution in [0.3, 0.4) is 0 Å². The standard InChI is InChI=1S/CH2O3.2Cs.H2O4S/c2-1(3)4;;;1-5(2,3)4/h(H2,2,3,4);;;(H2,1,2,3,4)/q;2*+1;/p-2. The minimum absolute atomic E-state index is 0. The summed E-state index contributed by atoms with van der Waals surface area (Å²) in [6, 6.07) is 0. The van der Waals surface area contributed by atoms with Crippen LogP contribution in [-0.2, 0) is 10.4 Å². The van der Waals surface area contributed by atoms with E-state index in [4.69, 9.17) is 32.5 Å². The molecule has 0 atom stereocenters. The first-order chi connectivity index (χ1) is 3.73. The average Bonchev–Trinajstić information content (AvgIpc) is 1.19. The Morgan fingerprint density at radius 3 is 1.09 bits per heavy atom. The zero-order chi connectivity index (χ0) is 8.08. The molecule has 0 bridgehead atoms. The summed E-state index contributed by atoms with van der Waals surface area (Å²) in [5.74, 6) is 0. The SMILES string of the molecule is O=C([O-])[O-].O=S(=O)(O)O.[Cs+].[Cs+]. The molecule has 11 heavy (non-hydrogen) atoms. The molecule has 2 N–H and O–H groups in total. The third-order valence-corrected chi connectivity index (χ3v) is 0. The van der Waals surface area contributed by atoms with Crippen LogP contribution < -0.4 is 148 Å². The molecule has 10 heteroatoms. The van der Waals surface area contributed by atoms with E-state index in [1.165, 1.54) is 0 Å². The predicted molar refractivity (Wildman–Crippen MR) is 19.6 cm³/mol. The van der Waals surface area contributed by atoms with Crippen molar-refractivity contribution in [2.75, 3.05) is 0 Å². The monoisotopic (exact) mass is 424 g/mol. The second kappa shape index (κ2) is 13.2. The molecule has 7 nitrogen and oxygen atoms in total. The molecule has 0 aromatic heterocycles. The molecule has 0 fully saturated rings. The van der Waals surface area contributed by atoms with Crippen LogP contribution in [0.2, 0.25) is 0 Å². The Hall–Kier alpha value is 3.24. The smallest absolute Gasteiger partial charge is 0.652 e. The van der Waals surface area contributed by atoms with Gasteiger partial charge in [0.2, 0.25) is 0 Å². The summed E-state index contributed by atoms with van der Waals surface area (Å²) in [5, 5.41) is 16.7. The third-order valence-electron chi connectivity index (χ3n) is 0. The molecular formula is CH2Cs2O7S. The summed E-state index contributed by atoms with van der Waals surface area (Å²) in [7, 11) is -4.67. The number of hydrogen-bond acceptors (Lipinski definition) is 5. The first-order valence-corrected chi connectivity index (χ1v) is 2.71. The van der Waals surface area contributed by atoms with Gasteiger partial charge in [0.15, 0.2) is 0 Å². The topological polar surface area (TPSA) is 138 Å². The number of hydrogen-bond donors (Lipinski definition) is 2. The Kier molecular flexibility index (Phi) is 28.7. The summed E-state index contributed by atoms with van der Waals surface area (Å²) in [6.07, 6.45) is -2.33. The molecule has 0 aliphatic rings. The Labute approximate surface area is 181 Å². The Balaban J connectivity index is -0.0000000383. The van der Waals surface area contributed by atoms with Gasteiger partial charge in [-0.3, -0.25) is 9.11 Å². The van der Waals surface area contributed by atoms with E-state index in [9.17, 15) is 0 Å². The molecular weight excluding hydrogens is 422 g/mol. The van der Waals surface area contributed by atoms with Gasteiger partial charge < -0.3 is 15.0 Å².